The van der Waals surface area contributed by atoms with Crippen LogP contribution in [0.1, 0.15) is 41.2 Å². The van der Waals surface area contributed by atoms with E-state index in [1.807, 2.05) is 40.7 Å². The van der Waals surface area contributed by atoms with Crippen LogP contribution in [-0.4, -0.2) is 35.5 Å². The van der Waals surface area contributed by atoms with E-state index in [9.17, 15) is 4.79 Å². The number of likely N-dealkylation sites (tertiary alicyclic amines) is 1. The van der Waals surface area contributed by atoms with Crippen LogP contribution in [0.3, 0.4) is 0 Å². The first-order chi connectivity index (χ1) is 13.3. The van der Waals surface area contributed by atoms with Gasteiger partial charge in [0, 0.05) is 18.5 Å². The van der Waals surface area contributed by atoms with Crippen LogP contribution in [0.2, 0.25) is 0 Å². The van der Waals surface area contributed by atoms with Crippen molar-refractivity contribution in [1.82, 2.24) is 9.88 Å². The van der Waals surface area contributed by atoms with E-state index < -0.39 is 0 Å². The van der Waals surface area contributed by atoms with Crippen molar-refractivity contribution in [3.63, 3.8) is 0 Å². The summed E-state index contributed by atoms with van der Waals surface area (Å²) in [4.78, 5) is 19.5. The Morgan fingerprint density at radius 3 is 2.89 bits per heavy atom. The number of thiazole rings is 1. The van der Waals surface area contributed by atoms with Gasteiger partial charge in [-0.2, -0.15) is 0 Å². The van der Waals surface area contributed by atoms with Gasteiger partial charge in [-0.3, -0.25) is 4.79 Å². The Morgan fingerprint density at radius 2 is 1.96 bits per heavy atom. The van der Waals surface area contributed by atoms with E-state index in [-0.39, 0.29) is 11.9 Å². The van der Waals surface area contributed by atoms with Crippen LogP contribution in [0.4, 0.5) is 0 Å². The molecule has 1 atom stereocenters. The molecule has 138 valence electrons. The van der Waals surface area contributed by atoms with Gasteiger partial charge in [-0.25, -0.2) is 4.98 Å². The van der Waals surface area contributed by atoms with E-state index in [4.69, 9.17) is 9.47 Å². The maximum absolute atomic E-state index is 13.2. The Morgan fingerprint density at radius 1 is 1.07 bits per heavy atom. The third-order valence-corrected chi connectivity index (χ3v) is 6.04. The fraction of sp³-hybridized carbons (Fsp3) is 0.333. The van der Waals surface area contributed by atoms with Crippen LogP contribution in [0.15, 0.2) is 41.9 Å². The van der Waals surface area contributed by atoms with Gasteiger partial charge in [0.25, 0.3) is 5.91 Å². The van der Waals surface area contributed by atoms with Gasteiger partial charge in [0.2, 0.25) is 0 Å². The molecule has 2 aliphatic heterocycles. The summed E-state index contributed by atoms with van der Waals surface area (Å²) in [6, 6.07) is 11.9. The SMILES string of the molecule is O=C(c1ccc2ncsc2c1)N1CCC[C@@H]1c1ccc2c(c1)OCCCO2. The van der Waals surface area contributed by atoms with Crippen LogP contribution in [-0.2, 0) is 0 Å². The quantitative estimate of drug-likeness (QED) is 0.660. The average Bonchev–Trinajstić information content (AvgIpc) is 3.31. The summed E-state index contributed by atoms with van der Waals surface area (Å²) < 4.78 is 12.6. The van der Waals surface area contributed by atoms with E-state index in [0.717, 1.165) is 58.6 Å². The molecule has 1 aromatic heterocycles. The molecule has 5 nitrogen and oxygen atoms in total. The molecule has 1 amide bonds. The maximum Gasteiger partial charge on any atom is 0.254 e. The number of nitrogens with zero attached hydrogens (tertiary/aromatic N) is 2. The summed E-state index contributed by atoms with van der Waals surface area (Å²) >= 11 is 1.56. The molecule has 0 unspecified atom stereocenters. The maximum atomic E-state index is 13.2. The molecule has 3 aromatic rings. The average molecular weight is 380 g/mol. The third kappa shape index (κ3) is 3.04. The standard InChI is InChI=1S/C21H20N2O3S/c24-21(15-4-6-16-20(12-15)27-13-22-16)23-8-1-3-17(23)14-5-7-18-19(11-14)26-10-2-9-25-18/h4-7,11-13,17H,1-3,8-10H2/t17-/m1/s1. The second-order valence-corrected chi connectivity index (χ2v) is 7.83. The highest BCUT2D eigenvalue weighted by Gasteiger charge is 2.31. The van der Waals surface area contributed by atoms with Crippen LogP contribution in [0.25, 0.3) is 10.2 Å². The predicted octanol–water partition coefficient (Wildman–Crippen LogP) is 4.43. The summed E-state index contributed by atoms with van der Waals surface area (Å²) in [6.07, 6.45) is 2.86. The number of rotatable bonds is 2. The summed E-state index contributed by atoms with van der Waals surface area (Å²) in [5.41, 5.74) is 4.60. The molecule has 1 fully saturated rings. The van der Waals surface area contributed by atoms with E-state index in [1.54, 1.807) is 11.3 Å². The molecule has 2 aromatic carbocycles. The van der Waals surface area contributed by atoms with Crippen molar-refractivity contribution in [3.05, 3.63) is 53.0 Å². The van der Waals surface area contributed by atoms with Crippen LogP contribution in [0.5, 0.6) is 11.5 Å². The zero-order valence-electron chi connectivity index (χ0n) is 14.9. The first kappa shape index (κ1) is 16.6. The monoisotopic (exact) mass is 380 g/mol. The van der Waals surface area contributed by atoms with Gasteiger partial charge in [-0.05, 0) is 48.7 Å². The molecular formula is C21H20N2O3S. The van der Waals surface area contributed by atoms with Crippen molar-refractivity contribution < 1.29 is 14.3 Å². The lowest BCUT2D eigenvalue weighted by atomic mass is 10.0. The molecule has 0 N–H and O–H groups in total. The highest BCUT2D eigenvalue weighted by Crippen LogP contribution is 2.38. The summed E-state index contributed by atoms with van der Waals surface area (Å²) in [5.74, 6) is 1.66. The first-order valence-electron chi connectivity index (χ1n) is 9.33. The molecule has 0 radical (unpaired) electrons. The Hall–Kier alpha value is -2.60. The van der Waals surface area contributed by atoms with Crippen molar-refractivity contribution in [1.29, 1.82) is 0 Å². The number of hydrogen-bond acceptors (Lipinski definition) is 5. The molecule has 5 rings (SSSR count). The minimum Gasteiger partial charge on any atom is -0.490 e. The Labute approximate surface area is 161 Å². The number of benzene rings is 2. The van der Waals surface area contributed by atoms with E-state index in [1.165, 1.54) is 0 Å². The third-order valence-electron chi connectivity index (χ3n) is 5.25. The van der Waals surface area contributed by atoms with Crippen molar-refractivity contribution in [2.75, 3.05) is 19.8 Å². The topological polar surface area (TPSA) is 51.7 Å². The minimum atomic E-state index is 0.0758. The first-order valence-corrected chi connectivity index (χ1v) is 10.2. The van der Waals surface area contributed by atoms with Gasteiger partial charge < -0.3 is 14.4 Å². The molecule has 3 heterocycles. The fourth-order valence-corrected chi connectivity index (χ4v) is 4.61. The Bertz CT molecular complexity index is 1000. The molecule has 6 heteroatoms. The fourth-order valence-electron chi connectivity index (χ4n) is 3.90. The van der Waals surface area contributed by atoms with Crippen LogP contribution >= 0.6 is 11.3 Å². The second-order valence-electron chi connectivity index (χ2n) is 6.95. The number of hydrogen-bond donors (Lipinski definition) is 0. The molecule has 27 heavy (non-hydrogen) atoms. The smallest absolute Gasteiger partial charge is 0.254 e. The lowest BCUT2D eigenvalue weighted by Crippen LogP contribution is -2.30. The highest BCUT2D eigenvalue weighted by atomic mass is 32.1. The number of carbonyl (C=O) groups is 1. The lowest BCUT2D eigenvalue weighted by Gasteiger charge is -2.26. The van der Waals surface area contributed by atoms with Gasteiger partial charge in [0.15, 0.2) is 11.5 Å². The molecule has 0 bridgehead atoms. The summed E-state index contributed by atoms with van der Waals surface area (Å²) in [6.45, 7) is 2.12. The largest absolute Gasteiger partial charge is 0.490 e. The summed E-state index contributed by atoms with van der Waals surface area (Å²) in [7, 11) is 0. The van der Waals surface area contributed by atoms with Gasteiger partial charge in [-0.1, -0.05) is 6.07 Å². The minimum absolute atomic E-state index is 0.0758. The van der Waals surface area contributed by atoms with E-state index in [0.29, 0.717) is 13.2 Å². The van der Waals surface area contributed by atoms with Crippen LogP contribution in [0, 0.1) is 0 Å². The summed E-state index contributed by atoms with van der Waals surface area (Å²) in [5, 5.41) is 0. The Balaban J connectivity index is 1.44. The van der Waals surface area contributed by atoms with Gasteiger partial charge in [-0.15, -0.1) is 11.3 Å². The number of fused-ring (bicyclic) bond motifs is 2. The lowest BCUT2D eigenvalue weighted by molar-refractivity contribution is 0.0735. The zero-order chi connectivity index (χ0) is 18.2. The Kier molecular flexibility index (Phi) is 4.20. The molecule has 0 spiro atoms. The molecule has 0 saturated carbocycles. The van der Waals surface area contributed by atoms with E-state index in [2.05, 4.69) is 11.1 Å². The van der Waals surface area contributed by atoms with Crippen molar-refractivity contribution in [2.24, 2.45) is 0 Å². The molecule has 0 aliphatic carbocycles. The van der Waals surface area contributed by atoms with Crippen molar-refractivity contribution >= 4 is 27.5 Å². The van der Waals surface area contributed by atoms with Gasteiger partial charge in [0.1, 0.15) is 0 Å². The van der Waals surface area contributed by atoms with Gasteiger partial charge in [0.05, 0.1) is 35.0 Å². The second kappa shape index (κ2) is 6.85. The molecule has 2 aliphatic rings. The molecular weight excluding hydrogens is 360 g/mol. The van der Waals surface area contributed by atoms with Crippen molar-refractivity contribution in [3.8, 4) is 11.5 Å². The number of amides is 1. The predicted molar refractivity (Wildman–Crippen MR) is 105 cm³/mol. The normalized spacial score (nSPS) is 19.3. The van der Waals surface area contributed by atoms with Crippen molar-refractivity contribution in [2.45, 2.75) is 25.3 Å². The zero-order valence-corrected chi connectivity index (χ0v) is 15.7. The highest BCUT2D eigenvalue weighted by molar-refractivity contribution is 7.16. The van der Waals surface area contributed by atoms with E-state index >= 15 is 0 Å². The number of carbonyl (C=O) groups excluding carboxylic acids is 1. The number of aromatic nitrogens is 1. The molecule has 1 saturated heterocycles. The van der Waals surface area contributed by atoms with Crippen LogP contribution < -0.4 is 9.47 Å². The number of ether oxygens (including phenoxy) is 2. The van der Waals surface area contributed by atoms with Gasteiger partial charge >= 0.3 is 0 Å².